The van der Waals surface area contributed by atoms with E-state index in [9.17, 15) is 9.90 Å². The number of aliphatic hydroxyl groups excluding tert-OH is 1. The molecule has 114 valence electrons. The zero-order valence-electron chi connectivity index (χ0n) is 12.0. The lowest BCUT2D eigenvalue weighted by atomic mass is 10.1. The van der Waals surface area contributed by atoms with E-state index in [-0.39, 0.29) is 12.5 Å². The third-order valence-corrected chi connectivity index (χ3v) is 3.53. The lowest BCUT2D eigenvalue weighted by molar-refractivity contribution is -0.117. The largest absolute Gasteiger partial charge is 0.493 e. The second-order valence-electron chi connectivity index (χ2n) is 5.06. The van der Waals surface area contributed by atoms with Crippen LogP contribution in [0.4, 0.5) is 0 Å². The fraction of sp³-hybridized carbons (Fsp3) is 0.235. The third-order valence-electron chi connectivity index (χ3n) is 3.53. The number of carbonyl (C=O) groups excluding carboxylic acids is 1. The van der Waals surface area contributed by atoms with Gasteiger partial charge in [0.15, 0.2) is 0 Å². The molecule has 1 aromatic heterocycles. The number of furan rings is 1. The van der Waals surface area contributed by atoms with Crippen molar-refractivity contribution in [1.29, 1.82) is 0 Å². The highest BCUT2D eigenvalue weighted by atomic mass is 16.5. The first kappa shape index (κ1) is 14.4. The molecule has 0 radical (unpaired) electrons. The Morgan fingerprint density at radius 1 is 1.41 bits per heavy atom. The van der Waals surface area contributed by atoms with Crippen LogP contribution in [0.3, 0.4) is 0 Å². The Bertz CT molecular complexity index is 676. The first-order valence-electron chi connectivity index (χ1n) is 7.15. The molecule has 1 aliphatic rings. The summed E-state index contributed by atoms with van der Waals surface area (Å²) < 4.78 is 10.6. The first-order chi connectivity index (χ1) is 10.8. The molecule has 0 fully saturated rings. The van der Waals surface area contributed by atoms with Crippen molar-refractivity contribution in [3.8, 4) is 5.75 Å². The van der Waals surface area contributed by atoms with E-state index in [1.54, 1.807) is 18.2 Å². The van der Waals surface area contributed by atoms with E-state index < -0.39 is 6.04 Å². The average Bonchev–Trinajstić information content (AvgIpc) is 3.21. The maximum absolute atomic E-state index is 11.9. The molecule has 1 unspecified atom stereocenters. The monoisotopic (exact) mass is 299 g/mol. The first-order valence-corrected chi connectivity index (χ1v) is 7.15. The van der Waals surface area contributed by atoms with Crippen molar-refractivity contribution in [2.24, 2.45) is 0 Å². The fourth-order valence-electron chi connectivity index (χ4n) is 2.40. The number of carbonyl (C=O) groups is 1. The molecule has 3 rings (SSSR count). The van der Waals surface area contributed by atoms with Crippen LogP contribution in [0.15, 0.2) is 47.1 Å². The van der Waals surface area contributed by atoms with E-state index in [1.807, 2.05) is 18.2 Å². The van der Waals surface area contributed by atoms with Crippen LogP contribution >= 0.6 is 0 Å². The minimum absolute atomic E-state index is 0.219. The van der Waals surface area contributed by atoms with Crippen molar-refractivity contribution < 1.29 is 19.1 Å². The van der Waals surface area contributed by atoms with Crippen LogP contribution < -0.4 is 10.1 Å². The van der Waals surface area contributed by atoms with Gasteiger partial charge in [0.1, 0.15) is 17.6 Å². The van der Waals surface area contributed by atoms with Crippen LogP contribution in [0.5, 0.6) is 5.75 Å². The number of hydrogen-bond donors (Lipinski definition) is 2. The summed E-state index contributed by atoms with van der Waals surface area (Å²) in [5.41, 5.74) is 2.10. The van der Waals surface area contributed by atoms with Crippen LogP contribution in [-0.4, -0.2) is 24.2 Å². The quantitative estimate of drug-likeness (QED) is 0.829. The van der Waals surface area contributed by atoms with Crippen LogP contribution in [0.1, 0.15) is 22.9 Å². The lowest BCUT2D eigenvalue weighted by Crippen LogP contribution is -2.28. The molecule has 0 aliphatic carbocycles. The van der Waals surface area contributed by atoms with E-state index in [2.05, 4.69) is 5.32 Å². The van der Waals surface area contributed by atoms with Crippen molar-refractivity contribution in [2.75, 3.05) is 13.2 Å². The Kier molecular flexibility index (Phi) is 4.25. The van der Waals surface area contributed by atoms with Crippen molar-refractivity contribution >= 4 is 12.0 Å². The molecule has 2 aromatic rings. The lowest BCUT2D eigenvalue weighted by Gasteiger charge is -2.12. The summed E-state index contributed by atoms with van der Waals surface area (Å²) in [6.45, 7) is 0.494. The average molecular weight is 299 g/mol. The number of hydrogen-bond acceptors (Lipinski definition) is 4. The highest BCUT2D eigenvalue weighted by Crippen LogP contribution is 2.26. The second kappa shape index (κ2) is 6.49. The van der Waals surface area contributed by atoms with Gasteiger partial charge in [0.25, 0.3) is 0 Å². The van der Waals surface area contributed by atoms with Gasteiger partial charge in [-0.1, -0.05) is 6.07 Å². The molecule has 0 saturated heterocycles. The second-order valence-corrected chi connectivity index (χ2v) is 5.06. The van der Waals surface area contributed by atoms with Gasteiger partial charge in [-0.15, -0.1) is 0 Å². The molecule has 1 aliphatic heterocycles. The highest BCUT2D eigenvalue weighted by Gasteiger charge is 2.15. The molecule has 5 heteroatoms. The highest BCUT2D eigenvalue weighted by molar-refractivity contribution is 5.92. The Morgan fingerprint density at radius 2 is 2.32 bits per heavy atom. The molecule has 0 spiro atoms. The molecule has 2 N–H and O–H groups in total. The number of amides is 1. The zero-order valence-corrected chi connectivity index (χ0v) is 12.0. The summed E-state index contributed by atoms with van der Waals surface area (Å²) in [6, 6.07) is 8.73. The molecule has 0 bridgehead atoms. The van der Waals surface area contributed by atoms with Gasteiger partial charge in [-0.05, 0) is 41.5 Å². The number of rotatable bonds is 5. The standard InChI is InChI=1S/C17H17NO4/c19-11-14(16-2-1-8-21-16)18-17(20)6-4-12-3-5-15-13(10-12)7-9-22-15/h1-6,8,10,14,19H,7,9,11H2,(H,18,20)/b6-4+. The Morgan fingerprint density at radius 3 is 3.09 bits per heavy atom. The van der Waals surface area contributed by atoms with Crippen molar-refractivity contribution in [3.63, 3.8) is 0 Å². The minimum atomic E-state index is -0.541. The zero-order chi connectivity index (χ0) is 15.4. The minimum Gasteiger partial charge on any atom is -0.493 e. The molecule has 22 heavy (non-hydrogen) atoms. The molecular formula is C17H17NO4. The van der Waals surface area contributed by atoms with Gasteiger partial charge in [-0.3, -0.25) is 4.79 Å². The van der Waals surface area contributed by atoms with E-state index in [0.717, 1.165) is 23.3 Å². The maximum atomic E-state index is 11.9. The van der Waals surface area contributed by atoms with Crippen LogP contribution in [-0.2, 0) is 11.2 Å². The van der Waals surface area contributed by atoms with E-state index in [1.165, 1.54) is 12.3 Å². The summed E-state index contributed by atoms with van der Waals surface area (Å²) in [4.78, 5) is 11.9. The molecule has 1 aromatic carbocycles. The predicted molar refractivity (Wildman–Crippen MR) is 81.4 cm³/mol. The molecule has 1 atom stereocenters. The van der Waals surface area contributed by atoms with E-state index in [4.69, 9.17) is 9.15 Å². The van der Waals surface area contributed by atoms with Crippen molar-refractivity contribution in [1.82, 2.24) is 5.32 Å². The Labute approximate surface area is 128 Å². The van der Waals surface area contributed by atoms with Crippen LogP contribution in [0.2, 0.25) is 0 Å². The normalized spacial score (nSPS) is 14.6. The Balaban J connectivity index is 1.63. The summed E-state index contributed by atoms with van der Waals surface area (Å²) in [7, 11) is 0. The summed E-state index contributed by atoms with van der Waals surface area (Å²) >= 11 is 0. The van der Waals surface area contributed by atoms with Crippen molar-refractivity contribution in [2.45, 2.75) is 12.5 Å². The molecular weight excluding hydrogens is 282 g/mol. The SMILES string of the molecule is O=C(/C=C/c1ccc2c(c1)CCO2)NC(CO)c1ccco1. The number of aliphatic hydroxyl groups is 1. The summed E-state index contributed by atoms with van der Waals surface area (Å²) in [5.74, 6) is 1.16. The molecule has 2 heterocycles. The van der Waals surface area contributed by atoms with Gasteiger partial charge in [-0.25, -0.2) is 0 Å². The van der Waals surface area contributed by atoms with Crippen LogP contribution in [0, 0.1) is 0 Å². The molecule has 5 nitrogen and oxygen atoms in total. The van der Waals surface area contributed by atoms with Gasteiger partial charge in [0.2, 0.25) is 5.91 Å². The summed E-state index contributed by atoms with van der Waals surface area (Å²) in [6.07, 6.45) is 5.59. The Hall–Kier alpha value is -2.53. The third kappa shape index (κ3) is 3.20. The summed E-state index contributed by atoms with van der Waals surface area (Å²) in [5, 5.41) is 12.0. The van der Waals surface area contributed by atoms with Gasteiger partial charge < -0.3 is 19.6 Å². The smallest absolute Gasteiger partial charge is 0.244 e. The predicted octanol–water partition coefficient (Wildman–Crippen LogP) is 2.08. The topological polar surface area (TPSA) is 71.7 Å². The number of nitrogens with one attached hydrogen (secondary N) is 1. The number of benzene rings is 1. The number of fused-ring (bicyclic) bond motifs is 1. The van der Waals surface area contributed by atoms with Crippen LogP contribution in [0.25, 0.3) is 6.08 Å². The van der Waals surface area contributed by atoms with Gasteiger partial charge >= 0.3 is 0 Å². The van der Waals surface area contributed by atoms with Gasteiger partial charge in [0.05, 0.1) is 19.5 Å². The molecule has 1 amide bonds. The maximum Gasteiger partial charge on any atom is 0.244 e. The van der Waals surface area contributed by atoms with Gasteiger partial charge in [-0.2, -0.15) is 0 Å². The van der Waals surface area contributed by atoms with Gasteiger partial charge in [0, 0.05) is 12.5 Å². The fourth-order valence-corrected chi connectivity index (χ4v) is 2.40. The molecule has 0 saturated carbocycles. The van der Waals surface area contributed by atoms with E-state index in [0.29, 0.717) is 12.4 Å². The van der Waals surface area contributed by atoms with Crippen molar-refractivity contribution in [3.05, 3.63) is 59.6 Å². The number of ether oxygens (including phenoxy) is 1. The van der Waals surface area contributed by atoms with E-state index >= 15 is 0 Å².